The van der Waals surface area contributed by atoms with Crippen molar-refractivity contribution in [3.63, 3.8) is 0 Å². The van der Waals surface area contributed by atoms with Crippen LogP contribution in [-0.4, -0.2) is 79.9 Å². The first kappa shape index (κ1) is 26.7. The molecule has 2 fully saturated rings. The summed E-state index contributed by atoms with van der Waals surface area (Å²) in [5.74, 6) is 0.434. The lowest BCUT2D eigenvalue weighted by Gasteiger charge is -2.48. The lowest BCUT2D eigenvalue weighted by atomic mass is 9.76. The smallest absolute Gasteiger partial charge is 0.213 e. The van der Waals surface area contributed by atoms with E-state index in [0.717, 1.165) is 57.4 Å². The summed E-state index contributed by atoms with van der Waals surface area (Å²) >= 11 is 0. The molecule has 1 aromatic carbocycles. The number of likely N-dealkylation sites (tertiary alicyclic amines) is 1. The molecule has 1 saturated heterocycles. The zero-order chi connectivity index (χ0) is 27.9. The van der Waals surface area contributed by atoms with Crippen LogP contribution in [0.25, 0.3) is 22.0 Å². The Morgan fingerprint density at radius 1 is 1.23 bits per heavy atom. The standard InChI is InChI=1S/C30H35F2N5O3/c1-35(19-38)24-17-33-23-15-22(32)26(29-27(23)28(24)36(2)30(18-40-29)9-3-10-30)20-5-6-25(34-16-20)39-14-4-11-37-12-7-21(31)8-13-37/h5-6,15-17,19,21H,3-4,7-14,18H2,1-2H3. The monoisotopic (exact) mass is 551 g/mol. The quantitative estimate of drug-likeness (QED) is 0.289. The zero-order valence-electron chi connectivity index (χ0n) is 23.0. The van der Waals surface area contributed by atoms with E-state index in [9.17, 15) is 9.18 Å². The van der Waals surface area contributed by atoms with Gasteiger partial charge in [-0.1, -0.05) is 0 Å². The van der Waals surface area contributed by atoms with Crippen molar-refractivity contribution in [2.75, 3.05) is 56.7 Å². The van der Waals surface area contributed by atoms with Gasteiger partial charge in [-0.05, 0) is 44.6 Å². The molecule has 3 aromatic rings. The summed E-state index contributed by atoms with van der Waals surface area (Å²) < 4.78 is 41.3. The van der Waals surface area contributed by atoms with Crippen LogP contribution in [-0.2, 0) is 4.79 Å². The molecule has 0 bridgehead atoms. The molecule has 212 valence electrons. The normalized spacial score (nSPS) is 18.8. The second-order valence-electron chi connectivity index (χ2n) is 11.2. The van der Waals surface area contributed by atoms with Gasteiger partial charge < -0.3 is 24.2 Å². The molecule has 0 N–H and O–H groups in total. The molecular weight excluding hydrogens is 516 g/mol. The van der Waals surface area contributed by atoms with E-state index in [1.807, 2.05) is 7.05 Å². The highest BCUT2D eigenvalue weighted by Crippen LogP contribution is 2.52. The lowest BCUT2D eigenvalue weighted by Crippen LogP contribution is -2.56. The molecule has 3 aliphatic rings. The second kappa shape index (κ2) is 10.8. The van der Waals surface area contributed by atoms with Gasteiger partial charge in [-0.2, -0.15) is 0 Å². The maximum atomic E-state index is 15.7. The van der Waals surface area contributed by atoms with E-state index in [0.29, 0.717) is 65.4 Å². The van der Waals surface area contributed by atoms with E-state index >= 15 is 4.39 Å². The number of carbonyl (C=O) groups excluding carboxylic acids is 1. The Hall–Kier alpha value is -3.53. The predicted octanol–water partition coefficient (Wildman–Crippen LogP) is 4.98. The second-order valence-corrected chi connectivity index (χ2v) is 11.2. The van der Waals surface area contributed by atoms with Crippen molar-refractivity contribution in [2.24, 2.45) is 0 Å². The molecule has 40 heavy (non-hydrogen) atoms. The maximum absolute atomic E-state index is 15.7. The zero-order valence-corrected chi connectivity index (χ0v) is 23.0. The van der Waals surface area contributed by atoms with Crippen LogP contribution < -0.4 is 19.3 Å². The van der Waals surface area contributed by atoms with Crippen LogP contribution >= 0.6 is 0 Å². The number of amides is 1. The highest BCUT2D eigenvalue weighted by molar-refractivity contribution is 6.07. The minimum absolute atomic E-state index is 0.225. The van der Waals surface area contributed by atoms with Gasteiger partial charge in [-0.3, -0.25) is 9.78 Å². The fourth-order valence-electron chi connectivity index (χ4n) is 6.14. The number of benzene rings is 1. The Balaban J connectivity index is 1.29. The highest BCUT2D eigenvalue weighted by atomic mass is 19.1. The van der Waals surface area contributed by atoms with Crippen LogP contribution in [0.5, 0.6) is 11.6 Å². The van der Waals surface area contributed by atoms with E-state index in [-0.39, 0.29) is 5.54 Å². The lowest BCUT2D eigenvalue weighted by molar-refractivity contribution is -0.107. The third-order valence-corrected chi connectivity index (χ3v) is 8.78. The number of rotatable bonds is 8. The number of likely N-dealkylation sites (N-methyl/N-ethyl adjacent to an activating group) is 1. The van der Waals surface area contributed by atoms with Crippen LogP contribution in [0.2, 0.25) is 0 Å². The number of pyridine rings is 2. The van der Waals surface area contributed by atoms with Gasteiger partial charge >= 0.3 is 0 Å². The van der Waals surface area contributed by atoms with Crippen molar-refractivity contribution < 1.29 is 23.0 Å². The number of hydrogen-bond donors (Lipinski definition) is 0. The summed E-state index contributed by atoms with van der Waals surface area (Å²) in [7, 11) is 3.71. The summed E-state index contributed by atoms with van der Waals surface area (Å²) in [4.78, 5) is 26.7. The fraction of sp³-hybridized carbons (Fsp3) is 0.500. The molecule has 8 nitrogen and oxygen atoms in total. The van der Waals surface area contributed by atoms with E-state index in [2.05, 4.69) is 19.8 Å². The number of anilines is 2. The molecule has 1 spiro atoms. The van der Waals surface area contributed by atoms with Crippen LogP contribution in [0.15, 0.2) is 30.6 Å². The van der Waals surface area contributed by atoms with Crippen molar-refractivity contribution >= 4 is 28.7 Å². The molecule has 2 aromatic heterocycles. The summed E-state index contributed by atoms with van der Waals surface area (Å²) in [6, 6.07) is 4.96. The molecule has 1 saturated carbocycles. The predicted molar refractivity (Wildman–Crippen MR) is 151 cm³/mol. The SMILES string of the molecule is CN(C=O)c1cnc2cc(F)c(-c3ccc(OCCCN4CCC(F)CC4)nc3)c3c2c1N(C)C1(CCC1)CO3. The van der Waals surface area contributed by atoms with Crippen LogP contribution in [0, 0.1) is 5.82 Å². The number of nitrogens with zero attached hydrogens (tertiary/aromatic N) is 5. The fourth-order valence-corrected chi connectivity index (χ4v) is 6.14. The number of halogens is 2. The summed E-state index contributed by atoms with van der Waals surface area (Å²) in [6.07, 6.45) is 8.32. The molecule has 2 aliphatic heterocycles. The van der Waals surface area contributed by atoms with Crippen molar-refractivity contribution in [3.8, 4) is 22.8 Å². The van der Waals surface area contributed by atoms with E-state index in [1.165, 1.54) is 11.0 Å². The third kappa shape index (κ3) is 4.72. The Morgan fingerprint density at radius 3 is 2.70 bits per heavy atom. The van der Waals surface area contributed by atoms with Gasteiger partial charge in [0.15, 0.2) is 0 Å². The number of alkyl halides is 1. The largest absolute Gasteiger partial charge is 0.490 e. The van der Waals surface area contributed by atoms with Gasteiger partial charge in [0.2, 0.25) is 12.3 Å². The summed E-state index contributed by atoms with van der Waals surface area (Å²) in [6.45, 7) is 3.35. The molecular formula is C30H35F2N5O3. The number of piperidine rings is 1. The number of aromatic nitrogens is 2. The molecule has 0 unspecified atom stereocenters. The van der Waals surface area contributed by atoms with Gasteiger partial charge in [0.05, 0.1) is 46.2 Å². The minimum atomic E-state index is -0.671. The van der Waals surface area contributed by atoms with Crippen molar-refractivity contribution in [1.29, 1.82) is 0 Å². The van der Waals surface area contributed by atoms with Crippen molar-refractivity contribution in [3.05, 3.63) is 36.4 Å². The van der Waals surface area contributed by atoms with Gasteiger partial charge in [-0.25, -0.2) is 13.8 Å². The van der Waals surface area contributed by atoms with Gasteiger partial charge in [-0.15, -0.1) is 0 Å². The van der Waals surface area contributed by atoms with Gasteiger partial charge in [0.25, 0.3) is 0 Å². The topological polar surface area (TPSA) is 71.0 Å². The third-order valence-electron chi connectivity index (χ3n) is 8.78. The summed E-state index contributed by atoms with van der Waals surface area (Å²) in [5, 5.41) is 0.686. The first-order chi connectivity index (χ1) is 19.4. The Labute approximate surface area is 232 Å². The molecule has 0 atom stereocenters. The highest BCUT2D eigenvalue weighted by Gasteiger charge is 2.46. The molecule has 1 amide bonds. The van der Waals surface area contributed by atoms with Crippen molar-refractivity contribution in [1.82, 2.24) is 14.9 Å². The number of ether oxygens (including phenoxy) is 2. The molecule has 0 radical (unpaired) electrons. The van der Waals surface area contributed by atoms with Crippen molar-refractivity contribution in [2.45, 2.75) is 50.2 Å². The minimum Gasteiger partial charge on any atom is -0.490 e. The average Bonchev–Trinajstić information content (AvgIpc) is 3.08. The first-order valence-corrected chi connectivity index (χ1v) is 14.1. The van der Waals surface area contributed by atoms with Gasteiger partial charge in [0, 0.05) is 57.6 Å². The molecule has 4 heterocycles. The van der Waals surface area contributed by atoms with Crippen LogP contribution in [0.4, 0.5) is 20.2 Å². The number of hydrogen-bond acceptors (Lipinski definition) is 7. The molecule has 1 aliphatic carbocycles. The maximum Gasteiger partial charge on any atom is 0.213 e. The van der Waals surface area contributed by atoms with Gasteiger partial charge in [0.1, 0.15) is 24.3 Å². The van der Waals surface area contributed by atoms with E-state index in [1.54, 1.807) is 31.6 Å². The molecule has 6 rings (SSSR count). The van der Waals surface area contributed by atoms with Crippen LogP contribution in [0.3, 0.4) is 0 Å². The summed E-state index contributed by atoms with van der Waals surface area (Å²) in [5.41, 5.74) is 2.61. The first-order valence-electron chi connectivity index (χ1n) is 14.1. The molecule has 10 heteroatoms. The Morgan fingerprint density at radius 2 is 2.02 bits per heavy atom. The number of carbonyl (C=O) groups is 1. The van der Waals surface area contributed by atoms with E-state index < -0.39 is 12.0 Å². The Kier molecular flexibility index (Phi) is 7.20. The van der Waals surface area contributed by atoms with E-state index in [4.69, 9.17) is 9.47 Å². The average molecular weight is 552 g/mol. The van der Waals surface area contributed by atoms with Crippen LogP contribution in [0.1, 0.15) is 38.5 Å². The Bertz CT molecular complexity index is 1390.